The maximum atomic E-state index is 5.44. The fraction of sp³-hybridized carbons (Fsp3) is 0.500. The maximum absolute atomic E-state index is 5.44. The van der Waals surface area contributed by atoms with Gasteiger partial charge in [0.25, 0.3) is 0 Å². The van der Waals surface area contributed by atoms with E-state index in [1.807, 2.05) is 12.1 Å². The van der Waals surface area contributed by atoms with E-state index in [0.717, 1.165) is 17.5 Å². The van der Waals surface area contributed by atoms with Crippen molar-refractivity contribution in [3.63, 3.8) is 0 Å². The van der Waals surface area contributed by atoms with Crippen LogP contribution in [0.5, 0.6) is 0 Å². The minimum Gasteiger partial charge on any atom is -0.379 e. The molecule has 1 aromatic carbocycles. The SMILES string of the molecule is NCCOCCOCCc1ccc(Br)cc1. The predicted octanol–water partition coefficient (Wildman–Crippen LogP) is 1.98. The zero-order valence-corrected chi connectivity index (χ0v) is 10.9. The zero-order chi connectivity index (χ0) is 11.6. The van der Waals surface area contributed by atoms with Crippen LogP contribution in [0.15, 0.2) is 28.7 Å². The third kappa shape index (κ3) is 6.23. The van der Waals surface area contributed by atoms with Crippen molar-refractivity contribution >= 4 is 15.9 Å². The summed E-state index contributed by atoms with van der Waals surface area (Å²) in [6.45, 7) is 3.16. The van der Waals surface area contributed by atoms with Gasteiger partial charge in [0.05, 0.1) is 26.4 Å². The Hall–Kier alpha value is -0.420. The van der Waals surface area contributed by atoms with Gasteiger partial charge in [-0.15, -0.1) is 0 Å². The van der Waals surface area contributed by atoms with Gasteiger partial charge < -0.3 is 15.2 Å². The molecule has 0 bridgehead atoms. The van der Waals surface area contributed by atoms with Crippen LogP contribution in [-0.2, 0) is 15.9 Å². The molecule has 0 aliphatic rings. The highest BCUT2D eigenvalue weighted by atomic mass is 79.9. The van der Waals surface area contributed by atoms with Gasteiger partial charge in [0.2, 0.25) is 0 Å². The fourth-order valence-electron chi connectivity index (χ4n) is 1.25. The van der Waals surface area contributed by atoms with Crippen molar-refractivity contribution in [3.8, 4) is 0 Å². The Labute approximate surface area is 105 Å². The average molecular weight is 288 g/mol. The normalized spacial score (nSPS) is 10.6. The van der Waals surface area contributed by atoms with Crippen molar-refractivity contribution in [1.29, 1.82) is 0 Å². The molecule has 0 atom stereocenters. The quantitative estimate of drug-likeness (QED) is 0.744. The van der Waals surface area contributed by atoms with Crippen molar-refractivity contribution < 1.29 is 9.47 Å². The summed E-state index contributed by atoms with van der Waals surface area (Å²) in [5.41, 5.74) is 6.57. The van der Waals surface area contributed by atoms with Gasteiger partial charge in [-0.25, -0.2) is 0 Å². The van der Waals surface area contributed by atoms with E-state index in [0.29, 0.717) is 26.4 Å². The third-order valence-electron chi connectivity index (χ3n) is 2.08. The van der Waals surface area contributed by atoms with E-state index in [1.54, 1.807) is 0 Å². The van der Waals surface area contributed by atoms with Gasteiger partial charge in [0.15, 0.2) is 0 Å². The number of hydrogen-bond acceptors (Lipinski definition) is 3. The minimum atomic E-state index is 0.568. The van der Waals surface area contributed by atoms with Gasteiger partial charge in [-0.1, -0.05) is 28.1 Å². The summed E-state index contributed by atoms with van der Waals surface area (Å²) >= 11 is 3.40. The van der Waals surface area contributed by atoms with Crippen LogP contribution in [0.25, 0.3) is 0 Å². The van der Waals surface area contributed by atoms with Crippen molar-refractivity contribution in [2.24, 2.45) is 5.73 Å². The Morgan fingerprint density at radius 3 is 2.19 bits per heavy atom. The number of rotatable bonds is 8. The molecular weight excluding hydrogens is 270 g/mol. The third-order valence-corrected chi connectivity index (χ3v) is 2.61. The van der Waals surface area contributed by atoms with Gasteiger partial charge in [-0.2, -0.15) is 0 Å². The molecule has 0 aliphatic carbocycles. The molecule has 3 nitrogen and oxygen atoms in total. The van der Waals surface area contributed by atoms with Crippen LogP contribution in [-0.4, -0.2) is 33.0 Å². The summed E-state index contributed by atoms with van der Waals surface area (Å²) in [6, 6.07) is 8.27. The van der Waals surface area contributed by atoms with Crippen molar-refractivity contribution in [3.05, 3.63) is 34.3 Å². The number of benzene rings is 1. The second kappa shape index (κ2) is 8.70. The molecule has 0 amide bonds. The molecule has 0 aliphatic heterocycles. The van der Waals surface area contributed by atoms with Gasteiger partial charge in [-0.3, -0.25) is 0 Å². The molecule has 90 valence electrons. The molecule has 0 fully saturated rings. The number of ether oxygens (including phenoxy) is 2. The standard InChI is InChI=1S/C12H18BrNO2/c13-12-3-1-11(2-4-12)5-7-15-9-10-16-8-6-14/h1-4H,5-10,14H2. The largest absolute Gasteiger partial charge is 0.379 e. The zero-order valence-electron chi connectivity index (χ0n) is 9.32. The minimum absolute atomic E-state index is 0.568. The van der Waals surface area contributed by atoms with E-state index in [2.05, 4.69) is 28.1 Å². The molecule has 1 rings (SSSR count). The molecule has 0 unspecified atom stereocenters. The average Bonchev–Trinajstić information content (AvgIpc) is 2.30. The second-order valence-corrected chi connectivity index (χ2v) is 4.31. The van der Waals surface area contributed by atoms with Crippen LogP contribution in [0.1, 0.15) is 5.56 Å². The van der Waals surface area contributed by atoms with Crippen molar-refractivity contribution in [2.45, 2.75) is 6.42 Å². The monoisotopic (exact) mass is 287 g/mol. The van der Waals surface area contributed by atoms with E-state index in [1.165, 1.54) is 5.56 Å². The molecule has 0 spiro atoms. The van der Waals surface area contributed by atoms with E-state index in [9.17, 15) is 0 Å². The Kier molecular flexibility index (Phi) is 7.42. The Morgan fingerprint density at radius 2 is 1.56 bits per heavy atom. The molecule has 16 heavy (non-hydrogen) atoms. The van der Waals surface area contributed by atoms with E-state index in [4.69, 9.17) is 15.2 Å². The van der Waals surface area contributed by atoms with Gasteiger partial charge in [0.1, 0.15) is 0 Å². The second-order valence-electron chi connectivity index (χ2n) is 3.39. The molecule has 0 saturated carbocycles. The summed E-state index contributed by atoms with van der Waals surface area (Å²) in [5.74, 6) is 0. The summed E-state index contributed by atoms with van der Waals surface area (Å²) in [7, 11) is 0. The van der Waals surface area contributed by atoms with E-state index >= 15 is 0 Å². The van der Waals surface area contributed by atoms with Crippen LogP contribution in [0.2, 0.25) is 0 Å². The first-order valence-corrected chi connectivity index (χ1v) is 6.22. The molecule has 0 saturated heterocycles. The fourth-order valence-corrected chi connectivity index (χ4v) is 1.51. The van der Waals surface area contributed by atoms with Crippen LogP contribution < -0.4 is 5.73 Å². The smallest absolute Gasteiger partial charge is 0.0701 e. The first-order chi connectivity index (χ1) is 7.83. The Bertz CT molecular complexity index is 277. The molecule has 0 radical (unpaired) electrons. The van der Waals surface area contributed by atoms with E-state index < -0.39 is 0 Å². The molecule has 0 aromatic heterocycles. The van der Waals surface area contributed by atoms with Crippen LogP contribution >= 0.6 is 15.9 Å². The highest BCUT2D eigenvalue weighted by Crippen LogP contribution is 2.10. The maximum Gasteiger partial charge on any atom is 0.0701 e. The van der Waals surface area contributed by atoms with Crippen LogP contribution in [0.3, 0.4) is 0 Å². The van der Waals surface area contributed by atoms with Gasteiger partial charge in [-0.05, 0) is 24.1 Å². The number of nitrogens with two attached hydrogens (primary N) is 1. The number of hydrogen-bond donors (Lipinski definition) is 1. The molecular formula is C12H18BrNO2. The topological polar surface area (TPSA) is 44.5 Å². The lowest BCUT2D eigenvalue weighted by Gasteiger charge is -2.05. The highest BCUT2D eigenvalue weighted by Gasteiger charge is 1.94. The summed E-state index contributed by atoms with van der Waals surface area (Å²) in [5, 5.41) is 0. The van der Waals surface area contributed by atoms with Crippen molar-refractivity contribution in [1.82, 2.24) is 0 Å². The van der Waals surface area contributed by atoms with Gasteiger partial charge in [0, 0.05) is 11.0 Å². The summed E-state index contributed by atoms with van der Waals surface area (Å²) in [6.07, 6.45) is 0.935. The lowest BCUT2D eigenvalue weighted by molar-refractivity contribution is 0.0519. The molecule has 4 heteroatoms. The van der Waals surface area contributed by atoms with E-state index in [-0.39, 0.29) is 0 Å². The molecule has 2 N–H and O–H groups in total. The van der Waals surface area contributed by atoms with Crippen LogP contribution in [0, 0.1) is 0 Å². The highest BCUT2D eigenvalue weighted by molar-refractivity contribution is 9.10. The Morgan fingerprint density at radius 1 is 0.938 bits per heavy atom. The predicted molar refractivity (Wildman–Crippen MR) is 68.5 cm³/mol. The van der Waals surface area contributed by atoms with Gasteiger partial charge >= 0.3 is 0 Å². The summed E-state index contributed by atoms with van der Waals surface area (Å²) < 4.78 is 11.7. The van der Waals surface area contributed by atoms with Crippen molar-refractivity contribution in [2.75, 3.05) is 33.0 Å². The Balaban J connectivity index is 2.01. The first kappa shape index (κ1) is 13.6. The molecule has 1 aromatic rings. The summed E-state index contributed by atoms with van der Waals surface area (Å²) in [4.78, 5) is 0. The number of halogens is 1. The molecule has 0 heterocycles. The lowest BCUT2D eigenvalue weighted by atomic mass is 10.2. The lowest BCUT2D eigenvalue weighted by Crippen LogP contribution is -2.12. The van der Waals surface area contributed by atoms with Crippen LogP contribution in [0.4, 0.5) is 0 Å². The first-order valence-electron chi connectivity index (χ1n) is 5.43.